The molecule has 1 atom stereocenters. The van der Waals surface area contributed by atoms with Gasteiger partial charge in [-0.1, -0.05) is 42.3 Å². The number of nitrogens with one attached hydrogen (secondary N) is 1. The molecule has 0 saturated carbocycles. The smallest absolute Gasteiger partial charge is 0.0595 e. The van der Waals surface area contributed by atoms with Crippen LogP contribution in [0.25, 0.3) is 0 Å². The predicted molar refractivity (Wildman–Crippen MR) is 83.1 cm³/mol. The van der Waals surface area contributed by atoms with Crippen LogP contribution in [-0.4, -0.2) is 19.8 Å². The fourth-order valence-electron chi connectivity index (χ4n) is 1.80. The molecule has 19 heavy (non-hydrogen) atoms. The maximum absolute atomic E-state index is 6.04. The molecule has 0 amide bonds. The fraction of sp³-hybridized carbons (Fsp3) is 0.467. The minimum Gasteiger partial charge on any atom is -0.380 e. The van der Waals surface area contributed by atoms with E-state index in [0.29, 0.717) is 16.7 Å². The van der Waals surface area contributed by atoms with Gasteiger partial charge in [-0.3, -0.25) is 0 Å². The van der Waals surface area contributed by atoms with Gasteiger partial charge in [0, 0.05) is 12.6 Å². The monoisotopic (exact) mass is 301 g/mol. The summed E-state index contributed by atoms with van der Waals surface area (Å²) in [6, 6.07) is 6.04. The van der Waals surface area contributed by atoms with E-state index in [0.717, 1.165) is 31.6 Å². The van der Waals surface area contributed by atoms with Crippen molar-refractivity contribution in [2.75, 3.05) is 19.8 Å². The Balaban J connectivity index is 2.40. The maximum atomic E-state index is 6.04. The second-order valence-corrected chi connectivity index (χ2v) is 5.09. The van der Waals surface area contributed by atoms with Crippen LogP contribution in [-0.2, 0) is 4.74 Å². The zero-order valence-electron chi connectivity index (χ0n) is 11.3. The van der Waals surface area contributed by atoms with Crippen LogP contribution in [0, 0.1) is 0 Å². The van der Waals surface area contributed by atoms with Crippen molar-refractivity contribution in [3.8, 4) is 0 Å². The van der Waals surface area contributed by atoms with Crippen LogP contribution in [0.15, 0.2) is 30.9 Å². The Labute approximate surface area is 125 Å². The number of benzene rings is 1. The lowest BCUT2D eigenvalue weighted by atomic mass is 10.0. The van der Waals surface area contributed by atoms with Gasteiger partial charge < -0.3 is 10.1 Å². The van der Waals surface area contributed by atoms with E-state index >= 15 is 0 Å². The first kappa shape index (κ1) is 16.5. The molecule has 0 saturated heterocycles. The van der Waals surface area contributed by atoms with Crippen molar-refractivity contribution in [3.63, 3.8) is 0 Å². The zero-order chi connectivity index (χ0) is 14.1. The van der Waals surface area contributed by atoms with E-state index in [1.54, 1.807) is 0 Å². The quantitative estimate of drug-likeness (QED) is 0.530. The highest BCUT2D eigenvalue weighted by atomic mass is 35.5. The Hall–Kier alpha value is -0.540. The summed E-state index contributed by atoms with van der Waals surface area (Å²) in [5, 5.41) is 4.65. The predicted octanol–water partition coefficient (Wildman–Crippen LogP) is 4.63. The van der Waals surface area contributed by atoms with Crippen LogP contribution in [0.1, 0.15) is 31.4 Å². The summed E-state index contributed by atoms with van der Waals surface area (Å²) in [4.78, 5) is 0. The largest absolute Gasteiger partial charge is 0.380 e. The van der Waals surface area contributed by atoms with Gasteiger partial charge in [-0.25, -0.2) is 0 Å². The lowest BCUT2D eigenvalue weighted by Gasteiger charge is -2.18. The van der Waals surface area contributed by atoms with Crippen molar-refractivity contribution >= 4 is 23.2 Å². The molecule has 1 rings (SSSR count). The molecule has 4 heteroatoms. The molecule has 0 bridgehead atoms. The van der Waals surface area contributed by atoms with Gasteiger partial charge in [0.1, 0.15) is 0 Å². The van der Waals surface area contributed by atoms with Gasteiger partial charge in [0.15, 0.2) is 0 Å². The van der Waals surface area contributed by atoms with Crippen LogP contribution in [0.4, 0.5) is 0 Å². The Kier molecular flexibility index (Phi) is 8.15. The summed E-state index contributed by atoms with van der Waals surface area (Å²) in [7, 11) is 0. The van der Waals surface area contributed by atoms with Gasteiger partial charge in [-0.2, -0.15) is 0 Å². The summed E-state index contributed by atoms with van der Waals surface area (Å²) < 4.78 is 5.47. The first-order valence-electron chi connectivity index (χ1n) is 6.56. The average molecular weight is 302 g/mol. The van der Waals surface area contributed by atoms with Crippen LogP contribution < -0.4 is 5.32 Å². The molecule has 0 aromatic heterocycles. The zero-order valence-corrected chi connectivity index (χ0v) is 12.8. The highest BCUT2D eigenvalue weighted by Crippen LogP contribution is 2.26. The van der Waals surface area contributed by atoms with E-state index in [1.807, 2.05) is 24.3 Å². The summed E-state index contributed by atoms with van der Waals surface area (Å²) in [5.41, 5.74) is 1.16. The van der Waals surface area contributed by atoms with Gasteiger partial charge in [-0.15, -0.1) is 6.58 Å². The molecular formula is C15H21Cl2NO. The number of hydrogen-bond donors (Lipinski definition) is 1. The standard InChI is InChI=1S/C15H21Cl2NO/c1-3-5-9-19-10-8-18-15(4-2)12-6-7-13(16)14(17)11-12/h3,6-7,11,15,18H,1,4-5,8-10H2,2H3. The minimum absolute atomic E-state index is 0.276. The van der Waals surface area contributed by atoms with Gasteiger partial charge in [0.25, 0.3) is 0 Å². The molecule has 1 N–H and O–H groups in total. The number of hydrogen-bond acceptors (Lipinski definition) is 2. The molecule has 1 unspecified atom stereocenters. The Morgan fingerprint density at radius 3 is 2.74 bits per heavy atom. The molecule has 0 aliphatic carbocycles. The van der Waals surface area contributed by atoms with E-state index in [-0.39, 0.29) is 6.04 Å². The summed E-state index contributed by atoms with van der Waals surface area (Å²) in [6.07, 6.45) is 3.74. The van der Waals surface area contributed by atoms with Crippen LogP contribution in [0.3, 0.4) is 0 Å². The SMILES string of the molecule is C=CCCOCCNC(CC)c1ccc(Cl)c(Cl)c1. The van der Waals surface area contributed by atoms with Crippen molar-refractivity contribution in [1.29, 1.82) is 0 Å². The second kappa shape index (κ2) is 9.38. The Morgan fingerprint density at radius 2 is 2.11 bits per heavy atom. The Bertz CT molecular complexity index is 396. The summed E-state index contributed by atoms with van der Waals surface area (Å²) in [6.45, 7) is 8.04. The van der Waals surface area contributed by atoms with E-state index in [9.17, 15) is 0 Å². The minimum atomic E-state index is 0.276. The van der Waals surface area contributed by atoms with Gasteiger partial charge >= 0.3 is 0 Å². The lowest BCUT2D eigenvalue weighted by molar-refractivity contribution is 0.138. The summed E-state index contributed by atoms with van der Waals surface area (Å²) in [5.74, 6) is 0. The molecule has 0 radical (unpaired) electrons. The Morgan fingerprint density at radius 1 is 1.32 bits per heavy atom. The number of ether oxygens (including phenoxy) is 1. The van der Waals surface area contributed by atoms with Gasteiger partial charge in [0.2, 0.25) is 0 Å². The molecular weight excluding hydrogens is 281 g/mol. The van der Waals surface area contributed by atoms with Crippen LogP contribution in [0.5, 0.6) is 0 Å². The first-order chi connectivity index (χ1) is 9.19. The maximum Gasteiger partial charge on any atom is 0.0595 e. The number of rotatable bonds is 9. The first-order valence-corrected chi connectivity index (χ1v) is 7.31. The molecule has 0 heterocycles. The lowest BCUT2D eigenvalue weighted by Crippen LogP contribution is -2.25. The number of halogens is 2. The van der Waals surface area contributed by atoms with Crippen molar-refractivity contribution in [3.05, 3.63) is 46.5 Å². The third-order valence-electron chi connectivity index (χ3n) is 2.86. The third-order valence-corrected chi connectivity index (χ3v) is 3.60. The topological polar surface area (TPSA) is 21.3 Å². The van der Waals surface area contributed by atoms with Gasteiger partial charge in [0.05, 0.1) is 23.3 Å². The van der Waals surface area contributed by atoms with Gasteiger partial charge in [-0.05, 0) is 30.5 Å². The molecule has 1 aromatic rings. The molecule has 0 spiro atoms. The van der Waals surface area contributed by atoms with Crippen molar-refractivity contribution in [2.45, 2.75) is 25.8 Å². The van der Waals surface area contributed by atoms with Crippen LogP contribution in [0.2, 0.25) is 10.0 Å². The van der Waals surface area contributed by atoms with E-state index < -0.39 is 0 Å². The molecule has 0 fully saturated rings. The normalized spacial score (nSPS) is 12.4. The molecule has 0 aliphatic heterocycles. The van der Waals surface area contributed by atoms with Crippen molar-refractivity contribution < 1.29 is 4.74 Å². The fourth-order valence-corrected chi connectivity index (χ4v) is 2.11. The second-order valence-electron chi connectivity index (χ2n) is 4.28. The van der Waals surface area contributed by atoms with E-state index in [4.69, 9.17) is 27.9 Å². The molecule has 2 nitrogen and oxygen atoms in total. The highest BCUT2D eigenvalue weighted by Gasteiger charge is 2.09. The van der Waals surface area contributed by atoms with E-state index in [2.05, 4.69) is 18.8 Å². The van der Waals surface area contributed by atoms with Crippen molar-refractivity contribution in [1.82, 2.24) is 5.32 Å². The van der Waals surface area contributed by atoms with Crippen LogP contribution >= 0.6 is 23.2 Å². The summed E-state index contributed by atoms with van der Waals surface area (Å²) >= 11 is 12.0. The van der Waals surface area contributed by atoms with Crippen molar-refractivity contribution in [2.24, 2.45) is 0 Å². The highest BCUT2D eigenvalue weighted by molar-refractivity contribution is 6.42. The molecule has 0 aliphatic rings. The third kappa shape index (κ3) is 5.96. The van der Waals surface area contributed by atoms with E-state index in [1.165, 1.54) is 0 Å². The molecule has 1 aromatic carbocycles. The molecule has 106 valence electrons. The average Bonchev–Trinajstić information content (AvgIpc) is 2.41.